The van der Waals surface area contributed by atoms with E-state index in [2.05, 4.69) is 18.1 Å². The van der Waals surface area contributed by atoms with E-state index in [0.29, 0.717) is 0 Å². The molecule has 1 fully saturated rings. The molecule has 1 aliphatic rings. The summed E-state index contributed by atoms with van der Waals surface area (Å²) in [6.07, 6.45) is -17.6. The molecule has 0 aromatic heterocycles. The average molecular weight is 676 g/mol. The van der Waals surface area contributed by atoms with Gasteiger partial charge in [-0.2, -0.15) is 0 Å². The van der Waals surface area contributed by atoms with Crippen LogP contribution in [0.1, 0.15) is 0 Å². The average Bonchev–Trinajstić information content (AvgIpc) is 2.39. The van der Waals surface area contributed by atoms with E-state index in [4.69, 9.17) is 0 Å². The van der Waals surface area contributed by atoms with Gasteiger partial charge in [-0.3, -0.25) is 0 Å². The van der Waals surface area contributed by atoms with Crippen LogP contribution >= 0.6 is 31.3 Å². The van der Waals surface area contributed by atoms with Gasteiger partial charge in [0.05, 0.1) is 31.3 Å². The summed E-state index contributed by atoms with van der Waals surface area (Å²) in [5.41, 5.74) is 0. The third-order valence-corrected chi connectivity index (χ3v) is 5.00. The minimum Gasteiger partial charge on any atom is -0.790 e. The fourth-order valence-corrected chi connectivity index (χ4v) is 4.41. The van der Waals surface area contributed by atoms with E-state index in [1.807, 2.05) is 0 Å². The van der Waals surface area contributed by atoms with E-state index in [9.17, 15) is 67.6 Å². The Balaban J connectivity index is -0.000000163. The molecule has 0 aromatic carbocycles. The molecule has 0 aliphatic heterocycles. The molecular weight excluding hydrogens is 668 g/mol. The van der Waals surface area contributed by atoms with Crippen molar-refractivity contribution in [3.8, 4) is 0 Å². The maximum Gasteiger partial charge on any atom is 1.00 e. The van der Waals surface area contributed by atoms with Gasteiger partial charge >= 0.3 is 236 Å². The van der Waals surface area contributed by atoms with Crippen LogP contribution in [0.4, 0.5) is 0 Å². The topological polar surface area (TPSA) is 330 Å². The second kappa shape index (κ2) is 26.3. The molecule has 1 rings (SSSR count). The monoisotopic (exact) mass is 676 g/mol. The van der Waals surface area contributed by atoms with Crippen LogP contribution in [0.15, 0.2) is 0 Å². The molecule has 0 saturated heterocycles. The fraction of sp³-hybridized carbons (Fsp3) is 1.00. The van der Waals surface area contributed by atoms with Gasteiger partial charge in [0.1, 0.15) is 36.6 Å². The van der Waals surface area contributed by atoms with Gasteiger partial charge in [-0.15, -0.1) is 0 Å². The van der Waals surface area contributed by atoms with Crippen molar-refractivity contribution in [2.75, 3.05) is 0 Å². The Morgan fingerprint density at radius 1 is 0.389 bits per heavy atom. The summed E-state index contributed by atoms with van der Waals surface area (Å²) in [7, 11) is -24.7. The second-order valence-corrected chi connectivity index (χ2v) is 9.47. The number of phosphoric acid groups is 4. The largest absolute Gasteiger partial charge is 1.00 e. The summed E-state index contributed by atoms with van der Waals surface area (Å²) in [5.74, 6) is 0. The van der Waals surface area contributed by atoms with Crippen molar-refractivity contribution in [1.29, 1.82) is 0 Å². The standard InChI is InChI=1S/C6H16O18P4.8Na/c7-1-3(21-25(9,10)11)5(23-27(15,16)17)2(8)6(24-28(18,19)20)4(1)22-26(12,13)14;;;;;;;;/h1-8H,(H2,9,10,11)(H2,12,13,14)(H2,15,16,17)(H2,18,19,20);;;;;;;;/q;8*+1/p-8/t1?,2?,3-,4-,5-,6+;;;;;;;;/m1......../s1. The second-order valence-electron chi connectivity index (χ2n) is 5.05. The Morgan fingerprint density at radius 2 is 0.500 bits per heavy atom. The molecule has 6 atom stereocenters. The van der Waals surface area contributed by atoms with Crippen LogP contribution in [0.3, 0.4) is 0 Å². The molecule has 30 heteroatoms. The number of rotatable bonds is 8. The Bertz CT molecular complexity index is 632. The first kappa shape index (κ1) is 63.1. The summed E-state index contributed by atoms with van der Waals surface area (Å²) in [6.45, 7) is 0. The fourth-order valence-electron chi connectivity index (χ4n) is 2.24. The van der Waals surface area contributed by atoms with Crippen LogP contribution < -0.4 is 276 Å². The Hall–Kier alpha value is 8.36. The van der Waals surface area contributed by atoms with Crippen molar-refractivity contribution in [2.24, 2.45) is 0 Å². The normalized spacial score (nSPS) is 25.7. The number of aliphatic hydroxyl groups excluding tert-OH is 2. The van der Waals surface area contributed by atoms with Crippen molar-refractivity contribution < 1.29 is 322 Å². The van der Waals surface area contributed by atoms with E-state index >= 15 is 0 Å². The molecular formula is C6H8Na8O18P4. The van der Waals surface area contributed by atoms with Gasteiger partial charge in [0.15, 0.2) is 0 Å². The van der Waals surface area contributed by atoms with E-state index in [-0.39, 0.29) is 236 Å². The van der Waals surface area contributed by atoms with Crippen LogP contribution in [0, 0.1) is 0 Å². The number of hydrogen-bond acceptors (Lipinski definition) is 18. The maximum atomic E-state index is 10.7. The number of hydrogen-bond donors (Lipinski definition) is 2. The first-order valence-electron chi connectivity index (χ1n) is 6.38. The molecule has 0 bridgehead atoms. The summed E-state index contributed by atoms with van der Waals surface area (Å²) >= 11 is 0. The first-order valence-corrected chi connectivity index (χ1v) is 12.2. The first-order chi connectivity index (χ1) is 12.2. The third kappa shape index (κ3) is 26.4. The minimum absolute atomic E-state index is 0. The van der Waals surface area contributed by atoms with Crippen LogP contribution in [0.5, 0.6) is 0 Å². The predicted octanol–water partition coefficient (Wildman–Crippen LogP) is -32.4. The van der Waals surface area contributed by atoms with Crippen molar-refractivity contribution in [3.63, 3.8) is 0 Å². The molecule has 2 N–H and O–H groups in total. The molecule has 1 aliphatic carbocycles. The quantitative estimate of drug-likeness (QED) is 0.178. The Labute approximate surface area is 381 Å². The van der Waals surface area contributed by atoms with Crippen molar-refractivity contribution in [1.82, 2.24) is 0 Å². The minimum atomic E-state index is -6.18. The van der Waals surface area contributed by atoms with Crippen LogP contribution in [-0.4, -0.2) is 46.8 Å². The zero-order valence-electron chi connectivity index (χ0n) is 20.7. The maximum absolute atomic E-state index is 10.7. The third-order valence-electron chi connectivity index (χ3n) is 3.00. The summed E-state index contributed by atoms with van der Waals surface area (Å²) in [6, 6.07) is 0. The van der Waals surface area contributed by atoms with Gasteiger partial charge in [-0.05, 0) is 0 Å². The van der Waals surface area contributed by atoms with E-state index in [1.165, 1.54) is 0 Å². The van der Waals surface area contributed by atoms with Gasteiger partial charge in [-0.1, -0.05) is 0 Å². The molecule has 36 heavy (non-hydrogen) atoms. The van der Waals surface area contributed by atoms with Crippen molar-refractivity contribution in [2.45, 2.75) is 36.6 Å². The van der Waals surface area contributed by atoms with Crippen LogP contribution in [0.25, 0.3) is 0 Å². The molecule has 18 nitrogen and oxygen atoms in total. The van der Waals surface area contributed by atoms with Gasteiger partial charge in [-0.25, -0.2) is 0 Å². The number of phosphoric ester groups is 4. The molecule has 0 amide bonds. The molecule has 1 saturated carbocycles. The SMILES string of the molecule is O=P([O-])([O-])O[C@@H]1C(O)[C@@H](OP(=O)([O-])[O-])[C@@H](OP(=O)([O-])[O-])C(O)[C@H]1OP(=O)([O-])[O-].[Na+].[Na+].[Na+].[Na+].[Na+].[Na+].[Na+].[Na+]. The zero-order chi connectivity index (χ0) is 22.3. The molecule has 168 valence electrons. The van der Waals surface area contributed by atoms with Crippen molar-refractivity contribution >= 4 is 31.3 Å². The molecule has 0 radical (unpaired) electrons. The van der Waals surface area contributed by atoms with E-state index in [1.54, 1.807) is 0 Å². The molecule has 0 aromatic rings. The summed E-state index contributed by atoms with van der Waals surface area (Å²) in [4.78, 5) is 86.0. The van der Waals surface area contributed by atoms with E-state index in [0.717, 1.165) is 0 Å². The smallest absolute Gasteiger partial charge is 0.790 e. The molecule has 2 unspecified atom stereocenters. The zero-order valence-corrected chi connectivity index (χ0v) is 40.3. The van der Waals surface area contributed by atoms with Crippen LogP contribution in [-0.2, 0) is 36.4 Å². The Morgan fingerprint density at radius 3 is 0.583 bits per heavy atom. The van der Waals surface area contributed by atoms with Gasteiger partial charge in [0, 0.05) is 0 Å². The predicted molar refractivity (Wildman–Crippen MR) is 61.9 cm³/mol. The van der Waals surface area contributed by atoms with E-state index < -0.39 is 67.9 Å². The summed E-state index contributed by atoms with van der Waals surface area (Å²) in [5, 5.41) is 19.8. The van der Waals surface area contributed by atoms with Crippen molar-refractivity contribution in [3.05, 3.63) is 0 Å². The van der Waals surface area contributed by atoms with Gasteiger partial charge in [0.25, 0.3) is 0 Å². The summed E-state index contributed by atoms with van der Waals surface area (Å²) < 4.78 is 57.8. The molecule has 0 heterocycles. The molecule has 0 spiro atoms. The number of aliphatic hydroxyl groups is 2. The van der Waals surface area contributed by atoms with Gasteiger partial charge < -0.3 is 85.7 Å². The Kier molecular flexibility index (Phi) is 46.1. The van der Waals surface area contributed by atoms with Crippen LogP contribution in [0.2, 0.25) is 0 Å². The van der Waals surface area contributed by atoms with Gasteiger partial charge in [0.2, 0.25) is 0 Å².